The van der Waals surface area contributed by atoms with E-state index >= 15 is 0 Å². The van der Waals surface area contributed by atoms with E-state index < -0.39 is 0 Å². The molecule has 260 valence electrons. The van der Waals surface area contributed by atoms with Gasteiger partial charge in [0.2, 0.25) is 0 Å². The van der Waals surface area contributed by atoms with Crippen molar-refractivity contribution in [2.24, 2.45) is 0 Å². The zero-order chi connectivity index (χ0) is 36.5. The van der Waals surface area contributed by atoms with Crippen LogP contribution in [0.15, 0.2) is 170 Å². The van der Waals surface area contributed by atoms with Crippen molar-refractivity contribution < 1.29 is 0 Å². The predicted octanol–water partition coefficient (Wildman–Crippen LogP) is 13.7. The summed E-state index contributed by atoms with van der Waals surface area (Å²) >= 11 is 0. The standard InChI is InChI=1S/C53H33N3/c1-2-14-32-28-43-42(27-31(32)13-1)39(26-25-34-30-44-38-19-8-11-23-47(38)56-48-24-12-9-21-41(48)50(49(34)43)52(44)56)51-40-20-7-10-22-46(40)54-53(55-51)45-29-33-15-3-4-16-35(33)36-17-5-6-18-37(36)45/h1-24,27-30,39H,25-26H2. The van der Waals surface area contributed by atoms with Crippen molar-refractivity contribution in [1.29, 1.82) is 0 Å². The van der Waals surface area contributed by atoms with Gasteiger partial charge in [-0.05, 0) is 110 Å². The van der Waals surface area contributed by atoms with Crippen molar-refractivity contribution in [3.63, 3.8) is 0 Å². The van der Waals surface area contributed by atoms with Gasteiger partial charge in [-0.25, -0.2) is 9.97 Å². The number of hydrogen-bond donors (Lipinski definition) is 0. The van der Waals surface area contributed by atoms with Crippen molar-refractivity contribution in [3.05, 3.63) is 187 Å². The first-order valence-electron chi connectivity index (χ1n) is 19.7. The number of aryl methyl sites for hydroxylation is 1. The van der Waals surface area contributed by atoms with Gasteiger partial charge in [-0.2, -0.15) is 0 Å². The van der Waals surface area contributed by atoms with E-state index in [9.17, 15) is 0 Å². The summed E-state index contributed by atoms with van der Waals surface area (Å²) in [6.07, 6.45) is 1.87. The number of hydrogen-bond acceptors (Lipinski definition) is 2. The number of fused-ring (bicyclic) bond motifs is 15. The molecule has 3 nitrogen and oxygen atoms in total. The van der Waals surface area contributed by atoms with Crippen molar-refractivity contribution in [1.82, 2.24) is 14.4 Å². The quantitative estimate of drug-likeness (QED) is 0.167. The van der Waals surface area contributed by atoms with E-state index in [-0.39, 0.29) is 5.92 Å². The summed E-state index contributed by atoms with van der Waals surface area (Å²) in [5.41, 5.74) is 12.4. The average Bonchev–Trinajstić information content (AvgIpc) is 3.72. The summed E-state index contributed by atoms with van der Waals surface area (Å²) in [5, 5.41) is 13.8. The Bertz CT molecular complexity index is 3610. The third-order valence-corrected chi connectivity index (χ3v) is 12.7. The minimum absolute atomic E-state index is 0.0439. The summed E-state index contributed by atoms with van der Waals surface area (Å²) in [4.78, 5) is 11.0. The summed E-state index contributed by atoms with van der Waals surface area (Å²) in [7, 11) is 0. The Hall–Kier alpha value is -7.10. The highest BCUT2D eigenvalue weighted by Gasteiger charge is 2.31. The molecule has 1 unspecified atom stereocenters. The van der Waals surface area contributed by atoms with Crippen molar-refractivity contribution >= 4 is 81.3 Å². The van der Waals surface area contributed by atoms with Crippen molar-refractivity contribution in [2.75, 3.05) is 0 Å². The van der Waals surface area contributed by atoms with Crippen LogP contribution >= 0.6 is 0 Å². The van der Waals surface area contributed by atoms with Gasteiger partial charge in [-0.3, -0.25) is 0 Å². The van der Waals surface area contributed by atoms with Crippen LogP contribution in [-0.2, 0) is 6.42 Å². The second-order valence-electron chi connectivity index (χ2n) is 15.6. The van der Waals surface area contributed by atoms with Crippen LogP contribution in [-0.4, -0.2) is 14.4 Å². The van der Waals surface area contributed by atoms with E-state index in [1.807, 2.05) is 0 Å². The largest absolute Gasteiger partial charge is 0.308 e. The predicted molar refractivity (Wildman–Crippen MR) is 234 cm³/mol. The molecule has 0 fully saturated rings. The van der Waals surface area contributed by atoms with Gasteiger partial charge in [0, 0.05) is 38.4 Å². The molecule has 3 heterocycles. The molecule has 0 bridgehead atoms. The van der Waals surface area contributed by atoms with E-state index in [1.165, 1.54) is 92.7 Å². The minimum Gasteiger partial charge on any atom is -0.308 e. The topological polar surface area (TPSA) is 30.2 Å². The molecule has 12 aromatic rings. The summed E-state index contributed by atoms with van der Waals surface area (Å²) in [6, 6.07) is 62.5. The lowest BCUT2D eigenvalue weighted by Gasteiger charge is -2.21. The lowest BCUT2D eigenvalue weighted by Crippen LogP contribution is -2.08. The normalized spacial score (nSPS) is 14.5. The molecule has 0 saturated carbocycles. The molecule has 13 rings (SSSR count). The molecule has 0 aliphatic heterocycles. The monoisotopic (exact) mass is 711 g/mol. The Balaban J connectivity index is 1.13. The van der Waals surface area contributed by atoms with E-state index in [0.29, 0.717) is 0 Å². The van der Waals surface area contributed by atoms with Crippen LogP contribution in [0, 0.1) is 0 Å². The molecule has 1 atom stereocenters. The maximum Gasteiger partial charge on any atom is 0.160 e. The highest BCUT2D eigenvalue weighted by molar-refractivity contribution is 6.28. The number of benzene rings is 9. The SMILES string of the molecule is c1ccc2cc3c(cc2c1)-c1c(cc2c4ccccc4n4c5ccccc5c1c24)CCC3c1nc(-c2cc3ccccc3c3ccccc23)nc2ccccc12. The Kier molecular flexibility index (Phi) is 6.06. The lowest BCUT2D eigenvalue weighted by molar-refractivity contribution is 0.711. The van der Waals surface area contributed by atoms with Crippen LogP contribution < -0.4 is 0 Å². The average molecular weight is 712 g/mol. The van der Waals surface area contributed by atoms with Crippen LogP contribution in [0.3, 0.4) is 0 Å². The second-order valence-corrected chi connectivity index (χ2v) is 15.6. The Morgan fingerprint density at radius 3 is 1.89 bits per heavy atom. The Morgan fingerprint density at radius 1 is 0.464 bits per heavy atom. The highest BCUT2D eigenvalue weighted by Crippen LogP contribution is 2.51. The third-order valence-electron chi connectivity index (χ3n) is 12.7. The van der Waals surface area contributed by atoms with Crippen molar-refractivity contribution in [3.8, 4) is 22.5 Å². The zero-order valence-corrected chi connectivity index (χ0v) is 30.5. The Labute approximate surface area is 322 Å². The molecule has 0 amide bonds. The number of rotatable bonds is 2. The van der Waals surface area contributed by atoms with Gasteiger partial charge >= 0.3 is 0 Å². The van der Waals surface area contributed by atoms with Gasteiger partial charge in [0.05, 0.1) is 27.8 Å². The molecule has 56 heavy (non-hydrogen) atoms. The van der Waals surface area contributed by atoms with Gasteiger partial charge in [-0.15, -0.1) is 0 Å². The molecule has 1 aliphatic rings. The van der Waals surface area contributed by atoms with Crippen LogP contribution in [0.5, 0.6) is 0 Å². The van der Waals surface area contributed by atoms with Crippen LogP contribution in [0.1, 0.15) is 29.2 Å². The zero-order valence-electron chi connectivity index (χ0n) is 30.5. The van der Waals surface area contributed by atoms with E-state index in [1.54, 1.807) is 0 Å². The van der Waals surface area contributed by atoms with Gasteiger partial charge in [0.1, 0.15) is 0 Å². The van der Waals surface area contributed by atoms with Gasteiger partial charge in [-0.1, -0.05) is 127 Å². The van der Waals surface area contributed by atoms with E-state index in [4.69, 9.17) is 9.97 Å². The molecular formula is C53H33N3. The van der Waals surface area contributed by atoms with Gasteiger partial charge in [0.25, 0.3) is 0 Å². The first kappa shape index (κ1) is 30.3. The minimum atomic E-state index is 0.0439. The number of aromatic nitrogens is 3. The van der Waals surface area contributed by atoms with E-state index in [0.717, 1.165) is 40.8 Å². The third kappa shape index (κ3) is 4.07. The maximum atomic E-state index is 5.69. The molecule has 0 N–H and O–H groups in total. The van der Waals surface area contributed by atoms with Crippen molar-refractivity contribution in [2.45, 2.75) is 18.8 Å². The molecular weight excluding hydrogens is 679 g/mol. The van der Waals surface area contributed by atoms with E-state index in [2.05, 4.69) is 174 Å². The van der Waals surface area contributed by atoms with Crippen LogP contribution in [0.4, 0.5) is 0 Å². The molecule has 1 aliphatic carbocycles. The highest BCUT2D eigenvalue weighted by atomic mass is 14.9. The van der Waals surface area contributed by atoms with Crippen LogP contribution in [0.2, 0.25) is 0 Å². The molecule has 3 heteroatoms. The Morgan fingerprint density at radius 2 is 1.07 bits per heavy atom. The fraction of sp³-hybridized carbons (Fsp3) is 0.0566. The molecule has 9 aromatic carbocycles. The lowest BCUT2D eigenvalue weighted by atomic mass is 9.84. The molecule has 0 spiro atoms. The summed E-state index contributed by atoms with van der Waals surface area (Å²) in [5.74, 6) is 0.825. The molecule has 0 radical (unpaired) electrons. The molecule has 0 saturated heterocycles. The fourth-order valence-corrected chi connectivity index (χ4v) is 10.3. The van der Waals surface area contributed by atoms with Crippen LogP contribution in [0.25, 0.3) is 104 Å². The fourth-order valence-electron chi connectivity index (χ4n) is 10.3. The summed E-state index contributed by atoms with van der Waals surface area (Å²) in [6.45, 7) is 0. The maximum absolute atomic E-state index is 5.69. The molecule has 3 aromatic heterocycles. The second kappa shape index (κ2) is 11.2. The number of para-hydroxylation sites is 3. The smallest absolute Gasteiger partial charge is 0.160 e. The first-order valence-corrected chi connectivity index (χ1v) is 19.7. The summed E-state index contributed by atoms with van der Waals surface area (Å²) < 4.78 is 2.51. The van der Waals surface area contributed by atoms with Gasteiger partial charge < -0.3 is 4.40 Å². The number of nitrogens with zero attached hydrogens (tertiary/aromatic N) is 3. The van der Waals surface area contributed by atoms with Gasteiger partial charge in [0.15, 0.2) is 5.82 Å². The first-order chi connectivity index (χ1) is 27.8.